The predicted molar refractivity (Wildman–Crippen MR) is 60.9 cm³/mol. The van der Waals surface area contributed by atoms with Gasteiger partial charge in [0.05, 0.1) is 17.9 Å². The van der Waals surface area contributed by atoms with Crippen molar-refractivity contribution in [2.45, 2.75) is 20.4 Å². The van der Waals surface area contributed by atoms with Gasteiger partial charge < -0.3 is 15.5 Å². The molecular formula is C10H15N5O. The fourth-order valence-corrected chi connectivity index (χ4v) is 1.42. The van der Waals surface area contributed by atoms with Gasteiger partial charge in [0.25, 0.3) is 0 Å². The van der Waals surface area contributed by atoms with Gasteiger partial charge in [-0.25, -0.2) is 4.98 Å². The van der Waals surface area contributed by atoms with E-state index in [-0.39, 0.29) is 0 Å². The first-order valence-corrected chi connectivity index (χ1v) is 5.02. The van der Waals surface area contributed by atoms with E-state index < -0.39 is 0 Å². The van der Waals surface area contributed by atoms with Crippen LogP contribution in [-0.2, 0) is 13.6 Å². The quantitative estimate of drug-likeness (QED) is 0.814. The van der Waals surface area contributed by atoms with Crippen LogP contribution in [0.3, 0.4) is 0 Å². The Labute approximate surface area is 93.5 Å². The van der Waals surface area contributed by atoms with Crippen molar-refractivity contribution in [1.29, 1.82) is 0 Å². The van der Waals surface area contributed by atoms with Gasteiger partial charge in [0.1, 0.15) is 5.76 Å². The second kappa shape index (κ2) is 3.88. The third-order valence-corrected chi connectivity index (χ3v) is 2.34. The molecule has 0 bridgehead atoms. The molecule has 0 atom stereocenters. The zero-order chi connectivity index (χ0) is 11.7. The summed E-state index contributed by atoms with van der Waals surface area (Å²) in [7, 11) is 1.82. The Morgan fingerprint density at radius 1 is 1.50 bits per heavy atom. The minimum absolute atomic E-state index is 0.482. The molecule has 0 saturated carbocycles. The topological polar surface area (TPSA) is 81.9 Å². The summed E-state index contributed by atoms with van der Waals surface area (Å²) in [5, 5.41) is 7.24. The Morgan fingerprint density at radius 3 is 2.75 bits per heavy atom. The van der Waals surface area contributed by atoms with E-state index >= 15 is 0 Å². The maximum atomic E-state index is 5.74. The highest BCUT2D eigenvalue weighted by Crippen LogP contribution is 2.16. The molecule has 0 aromatic carbocycles. The molecule has 0 amide bonds. The first-order valence-electron chi connectivity index (χ1n) is 5.02. The summed E-state index contributed by atoms with van der Waals surface area (Å²) in [5.74, 6) is 2.13. The van der Waals surface area contributed by atoms with Crippen molar-refractivity contribution in [2.24, 2.45) is 7.05 Å². The van der Waals surface area contributed by atoms with Crippen molar-refractivity contribution in [3.8, 4) is 0 Å². The summed E-state index contributed by atoms with van der Waals surface area (Å²) in [6.07, 6.45) is 1.74. The number of hydrogen-bond acceptors (Lipinski definition) is 5. The third kappa shape index (κ3) is 2.00. The number of aryl methyl sites for hydroxylation is 3. The molecule has 0 spiro atoms. The first kappa shape index (κ1) is 10.5. The smallest absolute Gasteiger partial charge is 0.213 e. The van der Waals surface area contributed by atoms with Crippen molar-refractivity contribution in [3.05, 3.63) is 23.5 Å². The standard InChI is InChI=1S/C10H15N5O/c1-6-7(2)16-9(13-6)4-12-10-8(11)5-15(3)14-10/h5H,4,11H2,1-3H3,(H,12,14). The molecule has 2 heterocycles. The van der Waals surface area contributed by atoms with Crippen LogP contribution in [0, 0.1) is 13.8 Å². The number of nitrogen functional groups attached to an aromatic ring is 1. The van der Waals surface area contributed by atoms with Crippen molar-refractivity contribution in [1.82, 2.24) is 14.8 Å². The molecule has 0 aliphatic carbocycles. The van der Waals surface area contributed by atoms with Gasteiger partial charge in [0.2, 0.25) is 5.89 Å². The first-order chi connectivity index (χ1) is 7.56. The zero-order valence-corrected chi connectivity index (χ0v) is 9.61. The summed E-state index contributed by atoms with van der Waals surface area (Å²) >= 11 is 0. The lowest BCUT2D eigenvalue weighted by atomic mass is 10.4. The molecule has 2 aromatic heterocycles. The monoisotopic (exact) mass is 221 g/mol. The minimum Gasteiger partial charge on any atom is -0.444 e. The summed E-state index contributed by atoms with van der Waals surface area (Å²) < 4.78 is 7.09. The van der Waals surface area contributed by atoms with Crippen LogP contribution in [0.5, 0.6) is 0 Å². The molecule has 0 saturated heterocycles. The SMILES string of the molecule is Cc1nc(CNc2nn(C)cc2N)oc1C. The molecule has 2 aromatic rings. The second-order valence-corrected chi connectivity index (χ2v) is 3.71. The van der Waals surface area contributed by atoms with E-state index in [2.05, 4.69) is 15.4 Å². The van der Waals surface area contributed by atoms with Crippen LogP contribution in [0.2, 0.25) is 0 Å². The Morgan fingerprint density at radius 2 is 2.25 bits per heavy atom. The summed E-state index contributed by atoms with van der Waals surface area (Å²) in [5.41, 5.74) is 7.27. The number of rotatable bonds is 3. The number of nitrogens with two attached hydrogens (primary N) is 1. The maximum Gasteiger partial charge on any atom is 0.213 e. The lowest BCUT2D eigenvalue weighted by molar-refractivity contribution is 0.478. The number of anilines is 2. The predicted octanol–water partition coefficient (Wildman–Crippen LogP) is 1.22. The van der Waals surface area contributed by atoms with Gasteiger partial charge in [-0.05, 0) is 13.8 Å². The summed E-state index contributed by atoms with van der Waals surface area (Å²) in [6, 6.07) is 0. The van der Waals surface area contributed by atoms with E-state index in [1.165, 1.54) is 0 Å². The lowest BCUT2D eigenvalue weighted by Gasteiger charge is -1.99. The van der Waals surface area contributed by atoms with E-state index in [4.69, 9.17) is 10.2 Å². The maximum absolute atomic E-state index is 5.74. The summed E-state index contributed by atoms with van der Waals surface area (Å²) in [4.78, 5) is 4.26. The van der Waals surface area contributed by atoms with Gasteiger partial charge in [0, 0.05) is 13.2 Å². The molecule has 3 N–H and O–H groups in total. The van der Waals surface area contributed by atoms with E-state index in [0.717, 1.165) is 11.5 Å². The Kier molecular flexibility index (Phi) is 2.55. The molecule has 2 rings (SSSR count). The zero-order valence-electron chi connectivity index (χ0n) is 9.61. The Bertz CT molecular complexity index is 480. The molecule has 6 nitrogen and oxygen atoms in total. The van der Waals surface area contributed by atoms with Crippen molar-refractivity contribution in [3.63, 3.8) is 0 Å². The molecule has 0 fully saturated rings. The van der Waals surface area contributed by atoms with E-state index in [1.54, 1.807) is 10.9 Å². The average Bonchev–Trinajstić information content (AvgIpc) is 2.68. The number of nitrogens with zero attached hydrogens (tertiary/aromatic N) is 3. The van der Waals surface area contributed by atoms with Gasteiger partial charge in [-0.1, -0.05) is 0 Å². The van der Waals surface area contributed by atoms with Crippen LogP contribution < -0.4 is 11.1 Å². The Hall–Kier alpha value is -1.98. The van der Waals surface area contributed by atoms with Gasteiger partial charge in [-0.15, -0.1) is 0 Å². The van der Waals surface area contributed by atoms with Gasteiger partial charge in [0.15, 0.2) is 5.82 Å². The van der Waals surface area contributed by atoms with Gasteiger partial charge >= 0.3 is 0 Å². The molecular weight excluding hydrogens is 206 g/mol. The number of hydrogen-bond donors (Lipinski definition) is 2. The van der Waals surface area contributed by atoms with Crippen LogP contribution in [0.4, 0.5) is 11.5 Å². The molecule has 0 unspecified atom stereocenters. The average molecular weight is 221 g/mol. The van der Waals surface area contributed by atoms with E-state index in [9.17, 15) is 0 Å². The second-order valence-electron chi connectivity index (χ2n) is 3.71. The Balaban J connectivity index is 2.04. The van der Waals surface area contributed by atoms with Crippen LogP contribution in [-0.4, -0.2) is 14.8 Å². The fourth-order valence-electron chi connectivity index (χ4n) is 1.42. The number of aromatic nitrogens is 3. The van der Waals surface area contributed by atoms with Crippen LogP contribution in [0.1, 0.15) is 17.3 Å². The number of oxazole rings is 1. The van der Waals surface area contributed by atoms with Crippen LogP contribution in [0.15, 0.2) is 10.6 Å². The summed E-state index contributed by atoms with van der Waals surface area (Å²) in [6.45, 7) is 4.29. The highest BCUT2D eigenvalue weighted by Gasteiger charge is 2.07. The van der Waals surface area contributed by atoms with Crippen molar-refractivity contribution >= 4 is 11.5 Å². The molecule has 0 aliphatic heterocycles. The van der Waals surface area contributed by atoms with Crippen molar-refractivity contribution < 1.29 is 4.42 Å². The lowest BCUT2D eigenvalue weighted by Crippen LogP contribution is -2.02. The fraction of sp³-hybridized carbons (Fsp3) is 0.400. The highest BCUT2D eigenvalue weighted by atomic mass is 16.4. The van der Waals surface area contributed by atoms with Crippen LogP contribution >= 0.6 is 0 Å². The third-order valence-electron chi connectivity index (χ3n) is 2.34. The molecule has 86 valence electrons. The highest BCUT2D eigenvalue weighted by molar-refractivity contribution is 5.59. The largest absolute Gasteiger partial charge is 0.444 e. The van der Waals surface area contributed by atoms with E-state index in [1.807, 2.05) is 20.9 Å². The minimum atomic E-state index is 0.482. The number of nitrogens with one attached hydrogen (secondary N) is 1. The normalized spacial score (nSPS) is 10.7. The van der Waals surface area contributed by atoms with E-state index in [0.29, 0.717) is 23.9 Å². The van der Waals surface area contributed by atoms with Gasteiger partial charge in [-0.2, -0.15) is 5.10 Å². The molecule has 6 heteroatoms. The van der Waals surface area contributed by atoms with Gasteiger partial charge in [-0.3, -0.25) is 4.68 Å². The van der Waals surface area contributed by atoms with Crippen LogP contribution in [0.25, 0.3) is 0 Å². The molecule has 0 radical (unpaired) electrons. The van der Waals surface area contributed by atoms with Crippen molar-refractivity contribution in [2.75, 3.05) is 11.1 Å². The molecule has 16 heavy (non-hydrogen) atoms. The molecule has 0 aliphatic rings.